The number of hydrogen-bond donors (Lipinski definition) is 4. The number of aliphatic hydroxyl groups is 3. The van der Waals surface area contributed by atoms with Crippen LogP contribution in [-0.4, -0.2) is 28.5 Å². The van der Waals surface area contributed by atoms with Crippen molar-refractivity contribution in [2.45, 2.75) is 6.10 Å². The molecule has 0 aliphatic carbocycles. The van der Waals surface area contributed by atoms with Gasteiger partial charge in [0.2, 0.25) is 0 Å². The number of rotatable bonds is 1. The van der Waals surface area contributed by atoms with Gasteiger partial charge < -0.3 is 15.3 Å². The highest BCUT2D eigenvalue weighted by atomic mass is 16.7. The van der Waals surface area contributed by atoms with E-state index in [0.717, 1.165) is 0 Å². The van der Waals surface area contributed by atoms with Crippen molar-refractivity contribution < 1.29 is 15.3 Å². The van der Waals surface area contributed by atoms with Gasteiger partial charge in [0.05, 0.1) is 0 Å². The van der Waals surface area contributed by atoms with E-state index in [-0.39, 0.29) is 0 Å². The lowest BCUT2D eigenvalue weighted by molar-refractivity contribution is -0.328. The highest BCUT2D eigenvalue weighted by Crippen LogP contribution is 1.77. The van der Waals surface area contributed by atoms with Crippen LogP contribution in [0.5, 0.6) is 0 Å². The van der Waals surface area contributed by atoms with Crippen molar-refractivity contribution in [3.63, 3.8) is 0 Å². The number of nitrogens with one attached hydrogen (secondary N) is 1. The van der Waals surface area contributed by atoms with Crippen molar-refractivity contribution in [3.05, 3.63) is 18.9 Å². The summed E-state index contributed by atoms with van der Waals surface area (Å²) < 4.78 is 0. The van der Waals surface area contributed by atoms with Crippen molar-refractivity contribution in [1.29, 1.82) is 0 Å². The third-order valence-electron chi connectivity index (χ3n) is 0.335. The van der Waals surface area contributed by atoms with E-state index in [2.05, 4.69) is 18.9 Å². The highest BCUT2D eigenvalue weighted by molar-refractivity contribution is 4.51. The van der Waals surface area contributed by atoms with Gasteiger partial charge in [-0.25, -0.2) is 5.32 Å². The Bertz CT molecular complexity index is 88.9. The Hall–Kier alpha value is -0.640. The zero-order chi connectivity index (χ0) is 7.91. The molecule has 54 valence electrons. The van der Waals surface area contributed by atoms with Crippen molar-refractivity contribution in [1.82, 2.24) is 5.32 Å². The van der Waals surface area contributed by atoms with Gasteiger partial charge in [-0.05, 0) is 7.05 Å². The van der Waals surface area contributed by atoms with Gasteiger partial charge in [-0.2, -0.15) is 0 Å². The average molecular weight is 133 g/mol. The topological polar surface area (TPSA) is 72.7 Å². The Morgan fingerprint density at radius 3 is 1.44 bits per heavy atom. The lowest BCUT2D eigenvalue weighted by Gasteiger charge is -2.09. The minimum absolute atomic E-state index is 1.21. The van der Waals surface area contributed by atoms with Gasteiger partial charge in [0.15, 0.2) is 0 Å². The van der Waals surface area contributed by atoms with Gasteiger partial charge in [-0.15, -0.1) is 5.73 Å². The summed E-state index contributed by atoms with van der Waals surface area (Å²) >= 11 is 0. The maximum absolute atomic E-state index is 7.83. The first-order chi connectivity index (χ1) is 3.97. The summed E-state index contributed by atoms with van der Waals surface area (Å²) in [6, 6.07) is 0. The highest BCUT2D eigenvalue weighted by Gasteiger charge is 2.11. The molecule has 9 heavy (non-hydrogen) atoms. The first-order valence-electron chi connectivity index (χ1n) is 2.13. The second kappa shape index (κ2) is 5.50. The van der Waals surface area contributed by atoms with E-state index in [1.54, 1.807) is 5.32 Å². The fourth-order valence-electron chi connectivity index (χ4n) is 0. The van der Waals surface area contributed by atoms with Crippen LogP contribution in [0, 0.1) is 0 Å². The maximum atomic E-state index is 7.83. The number of hydrogen-bond acceptors (Lipinski definition) is 4. The van der Waals surface area contributed by atoms with Crippen LogP contribution >= 0.6 is 0 Å². The Morgan fingerprint density at radius 2 is 1.44 bits per heavy atom. The van der Waals surface area contributed by atoms with E-state index in [1.807, 2.05) is 0 Å². The average Bonchev–Trinajstić information content (AvgIpc) is 1.67. The first-order valence-corrected chi connectivity index (χ1v) is 2.13. The molecule has 0 saturated carbocycles. The molecule has 4 N–H and O–H groups in total. The zero-order valence-corrected chi connectivity index (χ0v) is 5.26. The summed E-state index contributed by atoms with van der Waals surface area (Å²) in [6.07, 6.45) is -2.71. The van der Waals surface area contributed by atoms with E-state index in [0.29, 0.717) is 0 Å². The smallest absolute Gasteiger partial charge is 0.330 e. The van der Waals surface area contributed by atoms with Crippen LogP contribution in [0.15, 0.2) is 18.9 Å². The van der Waals surface area contributed by atoms with Crippen molar-refractivity contribution >= 4 is 0 Å². The molecule has 0 fully saturated rings. The molecule has 0 bridgehead atoms. The Labute approximate surface area is 53.8 Å². The molecule has 0 unspecified atom stereocenters. The molecule has 0 aromatic carbocycles. The first kappa shape index (κ1) is 11.2. The molecule has 0 aromatic rings. The molecule has 0 aliphatic heterocycles. The van der Waals surface area contributed by atoms with Crippen LogP contribution < -0.4 is 5.32 Å². The van der Waals surface area contributed by atoms with Crippen LogP contribution in [-0.2, 0) is 0 Å². The maximum Gasteiger partial charge on any atom is 0.342 e. The van der Waals surface area contributed by atoms with Gasteiger partial charge in [0.25, 0.3) is 0 Å². The molecular weight excluding hydrogens is 122 g/mol. The molecule has 0 atom stereocenters. The molecule has 0 heterocycles. The summed E-state index contributed by atoms with van der Waals surface area (Å²) in [6.45, 7) is 6.25. The van der Waals surface area contributed by atoms with Gasteiger partial charge in [0, 0.05) is 0 Å². The van der Waals surface area contributed by atoms with E-state index in [1.165, 1.54) is 7.05 Å². The monoisotopic (exact) mass is 133 g/mol. The van der Waals surface area contributed by atoms with Crippen LogP contribution in [0.4, 0.5) is 0 Å². The van der Waals surface area contributed by atoms with E-state index < -0.39 is 6.10 Å². The standard InChI is InChI=1S/C3H4.C2H7NO3/c1-3-2;1-3-2(4,5)6/h1-2H2;3-6H,1H3. The molecule has 0 spiro atoms. The van der Waals surface area contributed by atoms with Crippen molar-refractivity contribution in [2.24, 2.45) is 0 Å². The van der Waals surface area contributed by atoms with Crippen molar-refractivity contribution in [2.75, 3.05) is 7.05 Å². The quantitative estimate of drug-likeness (QED) is 0.266. The molecule has 0 amide bonds. The third kappa shape index (κ3) is 38.0. The summed E-state index contributed by atoms with van der Waals surface area (Å²) in [7, 11) is 1.21. The lowest BCUT2D eigenvalue weighted by Crippen LogP contribution is -2.41. The molecule has 4 nitrogen and oxygen atoms in total. The van der Waals surface area contributed by atoms with Gasteiger partial charge in [-0.1, -0.05) is 13.2 Å². The minimum Gasteiger partial charge on any atom is -0.330 e. The summed E-state index contributed by atoms with van der Waals surface area (Å²) in [5, 5.41) is 25.3. The molecule has 0 aromatic heterocycles. The Morgan fingerprint density at radius 1 is 1.33 bits per heavy atom. The van der Waals surface area contributed by atoms with Crippen LogP contribution in [0.25, 0.3) is 0 Å². The van der Waals surface area contributed by atoms with Crippen LogP contribution in [0.1, 0.15) is 0 Å². The molecule has 4 heteroatoms. The molecule has 0 saturated heterocycles. The summed E-state index contributed by atoms with van der Waals surface area (Å²) in [4.78, 5) is 0. The fourth-order valence-corrected chi connectivity index (χ4v) is 0. The fraction of sp³-hybridized carbons (Fsp3) is 0.400. The molecular formula is C5H11NO3. The normalized spacial score (nSPS) is 8.89. The molecule has 0 aliphatic rings. The Balaban J connectivity index is 0. The van der Waals surface area contributed by atoms with Crippen LogP contribution in [0.3, 0.4) is 0 Å². The van der Waals surface area contributed by atoms with Gasteiger partial charge in [0.1, 0.15) is 0 Å². The largest absolute Gasteiger partial charge is 0.342 e. The lowest BCUT2D eigenvalue weighted by atomic mass is 10.9. The van der Waals surface area contributed by atoms with Crippen molar-refractivity contribution in [3.8, 4) is 0 Å². The van der Waals surface area contributed by atoms with Gasteiger partial charge >= 0.3 is 6.10 Å². The molecule has 0 rings (SSSR count). The second-order valence-corrected chi connectivity index (χ2v) is 1.14. The van der Waals surface area contributed by atoms with E-state index >= 15 is 0 Å². The third-order valence-corrected chi connectivity index (χ3v) is 0.335. The summed E-state index contributed by atoms with van der Waals surface area (Å²) in [5.41, 5.74) is 2.25. The minimum atomic E-state index is -2.71. The summed E-state index contributed by atoms with van der Waals surface area (Å²) in [5.74, 6) is 0. The second-order valence-electron chi connectivity index (χ2n) is 1.14. The van der Waals surface area contributed by atoms with E-state index in [4.69, 9.17) is 15.3 Å². The van der Waals surface area contributed by atoms with E-state index in [9.17, 15) is 0 Å². The Kier molecular flexibility index (Phi) is 6.84. The SMILES string of the molecule is C=C=C.CNC(O)(O)O. The molecule has 0 radical (unpaired) electrons. The van der Waals surface area contributed by atoms with Gasteiger partial charge in [-0.3, -0.25) is 0 Å². The van der Waals surface area contributed by atoms with Crippen LogP contribution in [0.2, 0.25) is 0 Å². The predicted octanol–water partition coefficient (Wildman–Crippen LogP) is -1.25. The predicted molar refractivity (Wildman–Crippen MR) is 33.2 cm³/mol. The zero-order valence-electron chi connectivity index (χ0n) is 5.26.